The van der Waals surface area contributed by atoms with E-state index < -0.39 is 10.6 Å². The number of benzene rings is 2. The molecule has 1 fully saturated rings. The number of hydrogen-bond donors (Lipinski definition) is 2. The molecule has 0 unspecified atom stereocenters. The Labute approximate surface area is 161 Å². The highest BCUT2D eigenvalue weighted by Gasteiger charge is 2.41. The van der Waals surface area contributed by atoms with E-state index in [0.717, 1.165) is 11.3 Å². The summed E-state index contributed by atoms with van der Waals surface area (Å²) >= 11 is 0. The Hall–Kier alpha value is -3.42. The average Bonchev–Trinajstić information content (AvgIpc) is 2.69. The first-order valence-electron chi connectivity index (χ1n) is 9.13. The summed E-state index contributed by atoms with van der Waals surface area (Å²) in [4.78, 5) is 37.4. The van der Waals surface area contributed by atoms with Crippen LogP contribution in [0.3, 0.4) is 0 Å². The number of non-ortho nitro benzene ring substituents is 1. The van der Waals surface area contributed by atoms with Gasteiger partial charge in [-0.2, -0.15) is 0 Å². The number of nitrogens with one attached hydrogen (secondary N) is 2. The van der Waals surface area contributed by atoms with E-state index in [0.29, 0.717) is 37.1 Å². The zero-order valence-electron chi connectivity index (χ0n) is 15.4. The molecule has 2 aliphatic rings. The van der Waals surface area contributed by atoms with Crippen molar-refractivity contribution in [1.82, 2.24) is 10.2 Å². The number of nitro benzene ring substituents is 1. The van der Waals surface area contributed by atoms with E-state index in [1.165, 1.54) is 18.2 Å². The fraction of sp³-hybridized carbons (Fsp3) is 0.300. The number of hydrogen-bond acceptors (Lipinski definition) is 5. The minimum Gasteiger partial charge on any atom is -0.362 e. The van der Waals surface area contributed by atoms with E-state index in [1.807, 2.05) is 19.1 Å². The molecule has 0 aromatic heterocycles. The SMILES string of the molecule is Cc1cccc2c1NC1(CCN(C(=O)c3cccc([N+](=O)[O-])c3)CC1)NC2=O. The lowest BCUT2D eigenvalue weighted by molar-refractivity contribution is -0.384. The van der Waals surface area contributed by atoms with Crippen LogP contribution in [0.2, 0.25) is 0 Å². The number of carbonyl (C=O) groups excluding carboxylic acids is 2. The van der Waals surface area contributed by atoms with Crippen molar-refractivity contribution in [2.45, 2.75) is 25.4 Å². The zero-order valence-corrected chi connectivity index (χ0v) is 15.4. The van der Waals surface area contributed by atoms with Crippen molar-refractivity contribution in [1.29, 1.82) is 0 Å². The van der Waals surface area contributed by atoms with Gasteiger partial charge in [0, 0.05) is 43.6 Å². The van der Waals surface area contributed by atoms with Crippen molar-refractivity contribution < 1.29 is 14.5 Å². The zero-order chi connectivity index (χ0) is 19.9. The van der Waals surface area contributed by atoms with Crippen molar-refractivity contribution in [3.63, 3.8) is 0 Å². The molecule has 0 saturated carbocycles. The first kappa shape index (κ1) is 18.0. The smallest absolute Gasteiger partial charge is 0.270 e. The molecule has 0 atom stereocenters. The summed E-state index contributed by atoms with van der Waals surface area (Å²) in [7, 11) is 0. The average molecular weight is 380 g/mol. The van der Waals surface area contributed by atoms with Gasteiger partial charge in [0.25, 0.3) is 17.5 Å². The highest BCUT2D eigenvalue weighted by molar-refractivity contribution is 6.03. The van der Waals surface area contributed by atoms with Crippen LogP contribution in [-0.4, -0.2) is 40.4 Å². The van der Waals surface area contributed by atoms with Crippen molar-refractivity contribution in [2.24, 2.45) is 0 Å². The van der Waals surface area contributed by atoms with Crippen molar-refractivity contribution in [3.8, 4) is 0 Å². The van der Waals surface area contributed by atoms with Crippen LogP contribution in [0, 0.1) is 17.0 Å². The second-order valence-electron chi connectivity index (χ2n) is 7.26. The molecule has 2 heterocycles. The summed E-state index contributed by atoms with van der Waals surface area (Å²) in [5.74, 6) is -0.354. The van der Waals surface area contributed by atoms with Gasteiger partial charge in [0.05, 0.1) is 16.2 Å². The molecule has 8 heteroatoms. The summed E-state index contributed by atoms with van der Waals surface area (Å²) < 4.78 is 0. The lowest BCUT2D eigenvalue weighted by Crippen LogP contribution is -2.62. The molecule has 2 amide bonds. The third kappa shape index (κ3) is 3.06. The van der Waals surface area contributed by atoms with E-state index in [9.17, 15) is 19.7 Å². The lowest BCUT2D eigenvalue weighted by Gasteiger charge is -2.46. The molecule has 0 radical (unpaired) electrons. The second-order valence-corrected chi connectivity index (χ2v) is 7.26. The third-order valence-corrected chi connectivity index (χ3v) is 5.44. The summed E-state index contributed by atoms with van der Waals surface area (Å²) in [5.41, 5.74) is 2.07. The minimum absolute atomic E-state index is 0.104. The van der Waals surface area contributed by atoms with E-state index >= 15 is 0 Å². The highest BCUT2D eigenvalue weighted by Crippen LogP contribution is 2.33. The molecular weight excluding hydrogens is 360 g/mol. The Kier molecular flexibility index (Phi) is 4.26. The van der Waals surface area contributed by atoms with E-state index in [1.54, 1.807) is 17.0 Å². The van der Waals surface area contributed by atoms with Gasteiger partial charge in [-0.1, -0.05) is 18.2 Å². The number of carbonyl (C=O) groups is 2. The number of rotatable bonds is 2. The molecule has 2 aliphatic heterocycles. The largest absolute Gasteiger partial charge is 0.362 e. The molecular formula is C20H20N4O4. The molecule has 1 spiro atoms. The van der Waals surface area contributed by atoms with Gasteiger partial charge in [0.2, 0.25) is 0 Å². The van der Waals surface area contributed by atoms with Crippen molar-refractivity contribution >= 4 is 23.2 Å². The van der Waals surface area contributed by atoms with Crippen LogP contribution in [0.5, 0.6) is 0 Å². The van der Waals surface area contributed by atoms with Crippen molar-refractivity contribution in [3.05, 3.63) is 69.3 Å². The van der Waals surface area contributed by atoms with Crippen molar-refractivity contribution in [2.75, 3.05) is 18.4 Å². The quantitative estimate of drug-likeness (QED) is 0.616. The maximum atomic E-state index is 12.8. The van der Waals surface area contributed by atoms with E-state index in [4.69, 9.17) is 0 Å². The maximum absolute atomic E-state index is 12.8. The Morgan fingerprint density at radius 1 is 1.14 bits per heavy atom. The Morgan fingerprint density at radius 2 is 1.86 bits per heavy atom. The molecule has 28 heavy (non-hydrogen) atoms. The molecule has 0 bridgehead atoms. The predicted molar refractivity (Wildman–Crippen MR) is 103 cm³/mol. The van der Waals surface area contributed by atoms with Gasteiger partial charge in [-0.3, -0.25) is 19.7 Å². The van der Waals surface area contributed by atoms with Crippen LogP contribution in [0.15, 0.2) is 42.5 Å². The fourth-order valence-corrected chi connectivity index (χ4v) is 3.85. The predicted octanol–water partition coefficient (Wildman–Crippen LogP) is 2.69. The van der Waals surface area contributed by atoms with Crippen LogP contribution in [0.1, 0.15) is 39.1 Å². The molecule has 2 aromatic rings. The van der Waals surface area contributed by atoms with E-state index in [2.05, 4.69) is 10.6 Å². The Balaban J connectivity index is 1.50. The van der Waals surface area contributed by atoms with Gasteiger partial charge in [0.15, 0.2) is 0 Å². The van der Waals surface area contributed by atoms with Gasteiger partial charge in [-0.15, -0.1) is 0 Å². The van der Waals surface area contributed by atoms with Gasteiger partial charge < -0.3 is 15.5 Å². The number of para-hydroxylation sites is 1. The lowest BCUT2D eigenvalue weighted by atomic mass is 9.91. The normalized spacial score (nSPS) is 17.5. The maximum Gasteiger partial charge on any atom is 0.270 e. The molecule has 8 nitrogen and oxygen atoms in total. The fourth-order valence-electron chi connectivity index (χ4n) is 3.85. The van der Waals surface area contributed by atoms with Crippen LogP contribution in [0.4, 0.5) is 11.4 Å². The van der Waals surface area contributed by atoms with Gasteiger partial charge in [-0.05, 0) is 24.6 Å². The van der Waals surface area contributed by atoms with Crippen LogP contribution < -0.4 is 10.6 Å². The monoisotopic (exact) mass is 380 g/mol. The van der Waals surface area contributed by atoms with E-state index in [-0.39, 0.29) is 17.5 Å². The number of nitrogens with zero attached hydrogens (tertiary/aromatic N) is 2. The standard InChI is InChI=1S/C20H20N4O4/c1-13-4-2-7-16-17(13)21-20(22-18(16)25)8-10-23(11-9-20)19(26)14-5-3-6-15(12-14)24(27)28/h2-7,12,21H,8-11H2,1H3,(H,22,25). The number of anilines is 1. The molecule has 4 rings (SSSR count). The summed E-state index contributed by atoms with van der Waals surface area (Å²) in [5, 5.41) is 17.5. The Bertz CT molecular complexity index is 980. The molecule has 1 saturated heterocycles. The number of aryl methyl sites for hydroxylation is 1. The number of nitro groups is 1. The second kappa shape index (κ2) is 6.63. The van der Waals surface area contributed by atoms with Crippen LogP contribution in [0.25, 0.3) is 0 Å². The number of piperidine rings is 1. The van der Waals surface area contributed by atoms with Gasteiger partial charge in [-0.25, -0.2) is 0 Å². The summed E-state index contributed by atoms with van der Waals surface area (Å²) in [6.07, 6.45) is 1.10. The highest BCUT2D eigenvalue weighted by atomic mass is 16.6. The first-order valence-corrected chi connectivity index (χ1v) is 9.13. The topological polar surface area (TPSA) is 105 Å². The van der Waals surface area contributed by atoms with Crippen LogP contribution in [-0.2, 0) is 0 Å². The summed E-state index contributed by atoms with van der Waals surface area (Å²) in [6.45, 7) is 2.84. The number of amides is 2. The number of fused-ring (bicyclic) bond motifs is 1. The molecule has 144 valence electrons. The molecule has 2 aromatic carbocycles. The third-order valence-electron chi connectivity index (χ3n) is 5.44. The Morgan fingerprint density at radius 3 is 2.57 bits per heavy atom. The van der Waals surface area contributed by atoms with Gasteiger partial charge in [0.1, 0.15) is 5.66 Å². The summed E-state index contributed by atoms with van der Waals surface area (Å²) in [6, 6.07) is 11.4. The molecule has 0 aliphatic carbocycles. The van der Waals surface area contributed by atoms with Gasteiger partial charge >= 0.3 is 0 Å². The van der Waals surface area contributed by atoms with Crippen LogP contribution >= 0.6 is 0 Å². The first-order chi connectivity index (χ1) is 13.4. The molecule has 2 N–H and O–H groups in total. The minimum atomic E-state index is -0.588. The number of likely N-dealkylation sites (tertiary alicyclic amines) is 1.